The molecular weight excluding hydrogens is 388 g/mol. The quantitative estimate of drug-likeness (QED) is 0.770. The monoisotopic (exact) mass is 416 g/mol. The Hall–Kier alpha value is -2.22. The minimum atomic E-state index is -0.240. The zero-order valence-electron chi connectivity index (χ0n) is 17.3. The van der Waals surface area contributed by atoms with Gasteiger partial charge in [0.2, 0.25) is 5.91 Å². The van der Waals surface area contributed by atoms with E-state index in [2.05, 4.69) is 18.8 Å². The first-order valence-electron chi connectivity index (χ1n) is 10.4. The van der Waals surface area contributed by atoms with Gasteiger partial charge in [-0.3, -0.25) is 19.0 Å². The molecule has 7 nitrogen and oxygen atoms in total. The second kappa shape index (κ2) is 7.89. The summed E-state index contributed by atoms with van der Waals surface area (Å²) in [6, 6.07) is 0. The number of piperidine rings is 1. The van der Waals surface area contributed by atoms with Crippen molar-refractivity contribution in [2.75, 3.05) is 26.2 Å². The van der Waals surface area contributed by atoms with Crippen LogP contribution >= 0.6 is 11.3 Å². The van der Waals surface area contributed by atoms with E-state index in [1.165, 1.54) is 22.2 Å². The molecule has 2 aromatic heterocycles. The highest BCUT2D eigenvalue weighted by Gasteiger charge is 2.27. The molecule has 0 aliphatic carbocycles. The summed E-state index contributed by atoms with van der Waals surface area (Å²) >= 11 is 1.28. The van der Waals surface area contributed by atoms with Gasteiger partial charge in [0.25, 0.3) is 11.5 Å². The fraction of sp³-hybridized carbons (Fsp3) is 0.619. The van der Waals surface area contributed by atoms with Crippen molar-refractivity contribution < 1.29 is 9.59 Å². The molecule has 0 saturated carbocycles. The van der Waals surface area contributed by atoms with Gasteiger partial charge in [0.1, 0.15) is 11.4 Å². The third-order valence-electron chi connectivity index (χ3n) is 6.03. The van der Waals surface area contributed by atoms with Crippen molar-refractivity contribution in [1.82, 2.24) is 19.4 Å². The normalized spacial score (nSPS) is 22.4. The van der Waals surface area contributed by atoms with E-state index in [4.69, 9.17) is 0 Å². The van der Waals surface area contributed by atoms with E-state index >= 15 is 0 Å². The van der Waals surface area contributed by atoms with Gasteiger partial charge in [0, 0.05) is 26.2 Å². The third-order valence-corrected chi connectivity index (χ3v) is 7.22. The minimum absolute atomic E-state index is 0.00803. The van der Waals surface area contributed by atoms with Crippen LogP contribution in [0.15, 0.2) is 11.1 Å². The average Bonchev–Trinajstić information content (AvgIpc) is 3.31. The van der Waals surface area contributed by atoms with Gasteiger partial charge in [0.05, 0.1) is 16.6 Å². The lowest BCUT2D eigenvalue weighted by atomic mass is 9.92. The molecule has 2 atom stereocenters. The highest BCUT2D eigenvalue weighted by atomic mass is 32.1. The van der Waals surface area contributed by atoms with Gasteiger partial charge in [0.15, 0.2) is 0 Å². The van der Waals surface area contributed by atoms with Crippen molar-refractivity contribution in [2.24, 2.45) is 11.8 Å². The molecule has 156 valence electrons. The summed E-state index contributed by atoms with van der Waals surface area (Å²) in [7, 11) is 0. The zero-order valence-corrected chi connectivity index (χ0v) is 18.1. The first-order valence-corrected chi connectivity index (χ1v) is 11.2. The number of hydrogen-bond donors (Lipinski definition) is 0. The standard InChI is InChI=1S/C21H28N4O3S/c1-13-8-14(2)10-24(9-13)16(26)11-25-12-22-19-17(20(25)27)15(3)18(29-19)21(28)23-6-4-5-7-23/h12-14H,4-11H2,1-3H3. The zero-order chi connectivity index (χ0) is 20.7. The van der Waals surface area contributed by atoms with E-state index in [0.29, 0.717) is 32.5 Å². The number of amides is 2. The van der Waals surface area contributed by atoms with E-state index in [9.17, 15) is 14.4 Å². The number of aromatic nitrogens is 2. The van der Waals surface area contributed by atoms with Crippen LogP contribution in [0.2, 0.25) is 0 Å². The van der Waals surface area contributed by atoms with Crippen molar-refractivity contribution in [3.63, 3.8) is 0 Å². The van der Waals surface area contributed by atoms with E-state index in [0.717, 1.165) is 45.4 Å². The molecule has 2 aromatic rings. The van der Waals surface area contributed by atoms with Gasteiger partial charge in [-0.2, -0.15) is 0 Å². The highest BCUT2D eigenvalue weighted by Crippen LogP contribution is 2.29. The highest BCUT2D eigenvalue weighted by molar-refractivity contribution is 7.20. The maximum atomic E-state index is 13.1. The van der Waals surface area contributed by atoms with E-state index in [1.54, 1.807) is 0 Å². The summed E-state index contributed by atoms with van der Waals surface area (Å²) in [6.07, 6.45) is 4.62. The lowest BCUT2D eigenvalue weighted by Gasteiger charge is -2.35. The Kier molecular flexibility index (Phi) is 5.46. The molecule has 0 spiro atoms. The van der Waals surface area contributed by atoms with Crippen molar-refractivity contribution in [1.29, 1.82) is 0 Å². The number of rotatable bonds is 3. The van der Waals surface area contributed by atoms with E-state index in [1.807, 2.05) is 16.7 Å². The van der Waals surface area contributed by atoms with Crippen molar-refractivity contribution in [3.05, 3.63) is 27.1 Å². The first-order chi connectivity index (χ1) is 13.8. The average molecular weight is 417 g/mol. The van der Waals surface area contributed by atoms with Crippen LogP contribution in [0.4, 0.5) is 0 Å². The summed E-state index contributed by atoms with van der Waals surface area (Å²) in [5.41, 5.74) is 0.442. The third kappa shape index (κ3) is 3.82. The molecule has 2 saturated heterocycles. The number of likely N-dealkylation sites (tertiary alicyclic amines) is 2. The number of carbonyl (C=O) groups is 2. The number of nitrogens with zero attached hydrogens (tertiary/aromatic N) is 4. The SMILES string of the molecule is Cc1c(C(=O)N2CCCC2)sc2ncn(CC(=O)N3CC(C)CC(C)C3)c(=O)c12. The molecule has 0 radical (unpaired) electrons. The van der Waals surface area contributed by atoms with Crippen molar-refractivity contribution in [3.8, 4) is 0 Å². The van der Waals surface area contributed by atoms with Gasteiger partial charge >= 0.3 is 0 Å². The fourth-order valence-electron chi connectivity index (χ4n) is 4.65. The second-order valence-electron chi connectivity index (χ2n) is 8.66. The molecule has 0 N–H and O–H groups in total. The fourth-order valence-corrected chi connectivity index (χ4v) is 5.76. The smallest absolute Gasteiger partial charge is 0.264 e. The Balaban J connectivity index is 1.60. The van der Waals surface area contributed by atoms with E-state index < -0.39 is 0 Å². The second-order valence-corrected chi connectivity index (χ2v) is 9.66. The van der Waals surface area contributed by atoms with Gasteiger partial charge in [-0.15, -0.1) is 11.3 Å². The largest absolute Gasteiger partial charge is 0.341 e. The summed E-state index contributed by atoms with van der Waals surface area (Å²) in [5, 5.41) is 0.466. The summed E-state index contributed by atoms with van der Waals surface area (Å²) in [6.45, 7) is 9.12. The maximum Gasteiger partial charge on any atom is 0.264 e. The molecule has 4 rings (SSSR count). The van der Waals surface area contributed by atoms with Crippen LogP contribution < -0.4 is 5.56 Å². The number of carbonyl (C=O) groups excluding carboxylic acids is 2. The molecule has 2 fully saturated rings. The van der Waals surface area contributed by atoms with Gasteiger partial charge in [-0.05, 0) is 43.6 Å². The molecule has 2 unspecified atom stereocenters. The molecule has 0 aromatic carbocycles. The van der Waals surface area contributed by atoms with Crippen LogP contribution in [0.1, 0.15) is 48.3 Å². The van der Waals surface area contributed by atoms with Crippen molar-refractivity contribution in [2.45, 2.75) is 46.6 Å². The molecule has 29 heavy (non-hydrogen) atoms. The summed E-state index contributed by atoms with van der Waals surface area (Å²) in [4.78, 5) is 48.0. The summed E-state index contributed by atoms with van der Waals surface area (Å²) < 4.78 is 1.39. The molecule has 2 aliphatic heterocycles. The van der Waals surface area contributed by atoms with Crippen molar-refractivity contribution >= 4 is 33.4 Å². The van der Waals surface area contributed by atoms with Crippen LogP contribution in [-0.2, 0) is 11.3 Å². The Morgan fingerprint density at radius 1 is 1.14 bits per heavy atom. The lowest BCUT2D eigenvalue weighted by Crippen LogP contribution is -2.44. The maximum absolute atomic E-state index is 13.1. The predicted molar refractivity (Wildman–Crippen MR) is 113 cm³/mol. The molecule has 4 heterocycles. The Morgan fingerprint density at radius 3 is 2.45 bits per heavy atom. The molecule has 2 amide bonds. The predicted octanol–water partition coefficient (Wildman–Crippen LogP) is 2.51. The van der Waals surface area contributed by atoms with Crippen LogP contribution in [-0.4, -0.2) is 57.3 Å². The van der Waals surface area contributed by atoms with Crippen LogP contribution in [0.5, 0.6) is 0 Å². The molecule has 8 heteroatoms. The Morgan fingerprint density at radius 2 is 1.79 bits per heavy atom. The first kappa shape index (κ1) is 20.1. The lowest BCUT2D eigenvalue weighted by molar-refractivity contribution is -0.134. The van der Waals surface area contributed by atoms with Gasteiger partial charge < -0.3 is 9.80 Å². The Labute approximate surface area is 174 Å². The Bertz CT molecular complexity index is 995. The van der Waals surface area contributed by atoms with Gasteiger partial charge in [-0.1, -0.05) is 13.8 Å². The number of hydrogen-bond acceptors (Lipinski definition) is 5. The number of fused-ring (bicyclic) bond motifs is 1. The number of aryl methyl sites for hydroxylation is 1. The number of thiophene rings is 1. The molecule has 2 aliphatic rings. The molecule has 0 bridgehead atoms. The van der Waals surface area contributed by atoms with Crippen LogP contribution in [0.25, 0.3) is 10.2 Å². The van der Waals surface area contributed by atoms with Gasteiger partial charge in [-0.25, -0.2) is 4.98 Å². The topological polar surface area (TPSA) is 75.5 Å². The van der Waals surface area contributed by atoms with Crippen LogP contribution in [0.3, 0.4) is 0 Å². The summed E-state index contributed by atoms with van der Waals surface area (Å²) in [5.74, 6) is 0.880. The minimum Gasteiger partial charge on any atom is -0.341 e. The van der Waals surface area contributed by atoms with E-state index in [-0.39, 0.29) is 23.9 Å². The molecular formula is C21H28N4O3S. The van der Waals surface area contributed by atoms with Crippen LogP contribution in [0, 0.1) is 18.8 Å².